The lowest BCUT2D eigenvalue weighted by atomic mass is 10.0. The predicted octanol–water partition coefficient (Wildman–Crippen LogP) is 3.53. The third kappa shape index (κ3) is 6.71. The second kappa shape index (κ2) is 11.5. The van der Waals surface area contributed by atoms with Gasteiger partial charge in [0.1, 0.15) is 23.0 Å². The van der Waals surface area contributed by atoms with Gasteiger partial charge in [-0.25, -0.2) is 8.42 Å². The van der Waals surface area contributed by atoms with E-state index in [0.29, 0.717) is 11.4 Å². The number of aromatic hydroxyl groups is 4. The van der Waals surface area contributed by atoms with E-state index < -0.39 is 9.84 Å². The number of anilines is 4. The van der Waals surface area contributed by atoms with Crippen LogP contribution in [-0.2, 0) is 22.7 Å². The van der Waals surface area contributed by atoms with E-state index in [2.05, 4.69) is 0 Å². The zero-order chi connectivity index (χ0) is 28.0. The number of rotatable bonds is 6. The summed E-state index contributed by atoms with van der Waals surface area (Å²) in [4.78, 5) is -0.124. The van der Waals surface area contributed by atoms with Crippen molar-refractivity contribution in [2.45, 2.75) is 29.1 Å². The van der Waals surface area contributed by atoms with Crippen molar-refractivity contribution in [2.24, 2.45) is 0 Å². The Morgan fingerprint density at radius 3 is 1.24 bits per heavy atom. The summed E-state index contributed by atoms with van der Waals surface area (Å²) in [5.74, 6) is -0.126. The van der Waals surface area contributed by atoms with Gasteiger partial charge >= 0.3 is 0 Å². The van der Waals surface area contributed by atoms with Crippen LogP contribution in [0.4, 0.5) is 22.7 Å². The molecule has 0 aromatic heterocycles. The van der Waals surface area contributed by atoms with Crippen molar-refractivity contribution in [2.75, 3.05) is 22.9 Å². The molecule has 200 valence electrons. The molecule has 10 nitrogen and oxygen atoms in total. The van der Waals surface area contributed by atoms with Crippen LogP contribution in [0.15, 0.2) is 82.6 Å². The lowest BCUT2D eigenvalue weighted by molar-refractivity contribution is 0.476. The molecule has 0 spiro atoms. The normalized spacial score (nSPS) is 10.9. The van der Waals surface area contributed by atoms with Gasteiger partial charge in [-0.3, -0.25) is 0 Å². The number of aryl methyl sites for hydroxylation is 2. The highest BCUT2D eigenvalue weighted by molar-refractivity contribution is 7.91. The zero-order valence-electron chi connectivity index (χ0n) is 20.4. The SMILES string of the molecule is Nc1cc(S(=O)(=O)c2ccc(O)c(N)c2)ccc1O.Nc1ccc(CCCc2ccc(N)c(O)c2)cc1O. The summed E-state index contributed by atoms with van der Waals surface area (Å²) in [6.45, 7) is 0. The average Bonchev–Trinajstić information content (AvgIpc) is 2.87. The molecule has 0 fully saturated rings. The molecule has 0 aliphatic carbocycles. The molecule has 0 bridgehead atoms. The minimum atomic E-state index is -3.80. The first-order valence-electron chi connectivity index (χ1n) is 11.4. The number of hydrogen-bond acceptors (Lipinski definition) is 10. The van der Waals surface area contributed by atoms with Crippen molar-refractivity contribution < 1.29 is 28.8 Å². The molecule has 0 unspecified atom stereocenters. The standard InChI is InChI=1S/C15H18N2O2.C12H12N2O4S/c16-12-6-4-10(8-14(12)18)2-1-3-11-5-7-13(17)15(19)9-11;13-9-5-7(1-3-11(9)15)19(17,18)8-2-4-12(16)10(14)6-8/h4-9,18-19H,1-3,16-17H2;1-6,15-16H,13-14H2. The Morgan fingerprint density at radius 1 is 0.500 bits per heavy atom. The number of phenolic OH excluding ortho intramolecular Hbond substituents is 4. The van der Waals surface area contributed by atoms with Gasteiger partial charge in [-0.2, -0.15) is 0 Å². The topological polar surface area (TPSA) is 219 Å². The van der Waals surface area contributed by atoms with Crippen molar-refractivity contribution in [3.05, 3.63) is 83.9 Å². The molecule has 0 heterocycles. The number of sulfone groups is 1. The van der Waals surface area contributed by atoms with Crippen LogP contribution in [-0.4, -0.2) is 28.8 Å². The van der Waals surface area contributed by atoms with E-state index in [4.69, 9.17) is 22.9 Å². The number of phenols is 4. The third-order valence-corrected chi connectivity index (χ3v) is 7.49. The molecule has 0 saturated carbocycles. The van der Waals surface area contributed by atoms with Crippen LogP contribution in [0, 0.1) is 0 Å². The van der Waals surface area contributed by atoms with E-state index in [1.54, 1.807) is 24.3 Å². The summed E-state index contributed by atoms with van der Waals surface area (Å²) >= 11 is 0. The fraction of sp³-hybridized carbons (Fsp3) is 0.111. The zero-order valence-corrected chi connectivity index (χ0v) is 21.2. The van der Waals surface area contributed by atoms with E-state index in [1.165, 1.54) is 24.3 Å². The van der Waals surface area contributed by atoms with Crippen molar-refractivity contribution in [1.82, 2.24) is 0 Å². The highest BCUT2D eigenvalue weighted by Gasteiger charge is 2.19. The van der Waals surface area contributed by atoms with Gasteiger partial charge in [-0.1, -0.05) is 12.1 Å². The number of nitrogens with two attached hydrogens (primary N) is 4. The van der Waals surface area contributed by atoms with E-state index in [-0.39, 0.29) is 44.2 Å². The number of benzene rings is 4. The molecule has 11 heteroatoms. The van der Waals surface area contributed by atoms with Crippen molar-refractivity contribution in [3.8, 4) is 23.0 Å². The monoisotopic (exact) mass is 538 g/mol. The van der Waals surface area contributed by atoms with Crippen LogP contribution in [0.3, 0.4) is 0 Å². The number of hydrogen-bond donors (Lipinski definition) is 8. The first kappa shape index (κ1) is 27.8. The Labute approximate surface area is 220 Å². The quantitative estimate of drug-likeness (QED) is 0.132. The highest BCUT2D eigenvalue weighted by atomic mass is 32.2. The maximum absolute atomic E-state index is 12.3. The van der Waals surface area contributed by atoms with Gasteiger partial charge in [-0.15, -0.1) is 0 Å². The van der Waals surface area contributed by atoms with Crippen LogP contribution in [0.1, 0.15) is 17.5 Å². The van der Waals surface area contributed by atoms with Crippen LogP contribution in [0.2, 0.25) is 0 Å². The van der Waals surface area contributed by atoms with E-state index >= 15 is 0 Å². The van der Waals surface area contributed by atoms with Gasteiger partial charge < -0.3 is 43.4 Å². The summed E-state index contributed by atoms with van der Waals surface area (Å²) < 4.78 is 24.6. The molecule has 4 aromatic carbocycles. The van der Waals surface area contributed by atoms with Gasteiger partial charge in [0.05, 0.1) is 32.5 Å². The maximum Gasteiger partial charge on any atom is 0.206 e. The summed E-state index contributed by atoms with van der Waals surface area (Å²) in [5, 5.41) is 37.6. The Balaban J connectivity index is 0.000000211. The first-order valence-corrected chi connectivity index (χ1v) is 12.9. The van der Waals surface area contributed by atoms with Crippen LogP contribution >= 0.6 is 0 Å². The van der Waals surface area contributed by atoms with E-state index in [1.807, 2.05) is 12.1 Å². The molecule has 0 atom stereocenters. The molecule has 0 aliphatic heterocycles. The lowest BCUT2D eigenvalue weighted by Crippen LogP contribution is -2.03. The van der Waals surface area contributed by atoms with Crippen molar-refractivity contribution in [3.63, 3.8) is 0 Å². The van der Waals surface area contributed by atoms with Crippen molar-refractivity contribution >= 4 is 32.6 Å². The Morgan fingerprint density at radius 2 is 0.895 bits per heavy atom. The minimum Gasteiger partial charge on any atom is -0.506 e. The lowest BCUT2D eigenvalue weighted by Gasteiger charge is -2.08. The third-order valence-electron chi connectivity index (χ3n) is 5.74. The highest BCUT2D eigenvalue weighted by Crippen LogP contribution is 2.30. The van der Waals surface area contributed by atoms with Gasteiger partial charge in [0.15, 0.2) is 0 Å². The molecule has 4 aromatic rings. The molecular formula is C27H30N4O6S. The van der Waals surface area contributed by atoms with Crippen LogP contribution < -0.4 is 22.9 Å². The largest absolute Gasteiger partial charge is 0.506 e. The minimum absolute atomic E-state index is 0.0344. The van der Waals surface area contributed by atoms with Crippen molar-refractivity contribution in [1.29, 1.82) is 0 Å². The van der Waals surface area contributed by atoms with Gasteiger partial charge in [0.25, 0.3) is 0 Å². The van der Waals surface area contributed by atoms with Crippen LogP contribution in [0.25, 0.3) is 0 Å². The average molecular weight is 539 g/mol. The van der Waals surface area contributed by atoms with Gasteiger partial charge in [-0.05, 0) is 91.1 Å². The fourth-order valence-electron chi connectivity index (χ4n) is 3.52. The number of nitrogen functional groups attached to an aromatic ring is 4. The predicted molar refractivity (Wildman–Crippen MR) is 148 cm³/mol. The molecule has 0 aliphatic rings. The Bertz CT molecular complexity index is 1450. The maximum atomic E-state index is 12.3. The smallest absolute Gasteiger partial charge is 0.206 e. The van der Waals surface area contributed by atoms with Gasteiger partial charge in [0.2, 0.25) is 9.84 Å². The molecule has 0 radical (unpaired) electrons. The van der Waals surface area contributed by atoms with E-state index in [9.17, 15) is 28.8 Å². The summed E-state index contributed by atoms with van der Waals surface area (Å²) in [6, 6.07) is 17.8. The molecule has 4 rings (SSSR count). The molecule has 38 heavy (non-hydrogen) atoms. The molecular weight excluding hydrogens is 508 g/mol. The molecule has 0 saturated heterocycles. The second-order valence-corrected chi connectivity index (χ2v) is 10.5. The van der Waals surface area contributed by atoms with Crippen LogP contribution in [0.5, 0.6) is 23.0 Å². The Hall–Kier alpha value is -4.77. The fourth-order valence-corrected chi connectivity index (χ4v) is 4.85. The first-order chi connectivity index (χ1) is 17.9. The summed E-state index contributed by atoms with van der Waals surface area (Å²) in [7, 11) is -3.80. The molecule has 12 N–H and O–H groups in total. The second-order valence-electron chi connectivity index (χ2n) is 8.58. The summed E-state index contributed by atoms with van der Waals surface area (Å²) in [5.41, 5.74) is 24.9. The molecule has 0 amide bonds. The van der Waals surface area contributed by atoms with E-state index in [0.717, 1.165) is 42.5 Å². The summed E-state index contributed by atoms with van der Waals surface area (Å²) in [6.07, 6.45) is 2.62. The van der Waals surface area contributed by atoms with Gasteiger partial charge in [0, 0.05) is 0 Å². The Kier molecular flexibility index (Phi) is 8.43.